The highest BCUT2D eigenvalue weighted by molar-refractivity contribution is 7.22. The molecule has 1 heterocycles. The number of aliphatic carboxylic acids is 1. The Labute approximate surface area is 211 Å². The van der Waals surface area contributed by atoms with Crippen molar-refractivity contribution in [2.45, 2.75) is 33.1 Å². The van der Waals surface area contributed by atoms with Crippen LogP contribution in [-0.4, -0.2) is 35.2 Å². The predicted molar refractivity (Wildman–Crippen MR) is 137 cm³/mol. The lowest BCUT2D eigenvalue weighted by atomic mass is 9.93. The first-order valence-electron chi connectivity index (χ1n) is 11.7. The Balaban J connectivity index is 1.53. The first kappa shape index (κ1) is 25.7. The van der Waals surface area contributed by atoms with Gasteiger partial charge in [-0.25, -0.2) is 18.6 Å². The number of amides is 1. The molecular weight excluding hydrogens is 486 g/mol. The van der Waals surface area contributed by atoms with E-state index in [2.05, 4.69) is 16.4 Å². The summed E-state index contributed by atoms with van der Waals surface area (Å²) in [4.78, 5) is 28.4. The van der Waals surface area contributed by atoms with Gasteiger partial charge in [-0.3, -0.25) is 4.79 Å². The highest BCUT2D eigenvalue weighted by Gasteiger charge is 2.28. The molecule has 0 fully saturated rings. The van der Waals surface area contributed by atoms with Gasteiger partial charge in [-0.1, -0.05) is 35.6 Å². The third-order valence-electron chi connectivity index (χ3n) is 6.01. The molecule has 1 atom stereocenters. The van der Waals surface area contributed by atoms with Crippen LogP contribution in [0.25, 0.3) is 21.0 Å². The van der Waals surface area contributed by atoms with Gasteiger partial charge in [0.1, 0.15) is 11.7 Å². The smallest absolute Gasteiger partial charge is 0.331 e. The fraction of sp³-hybridized carbons (Fsp3) is 0.296. The van der Waals surface area contributed by atoms with Crippen LogP contribution in [0.15, 0.2) is 65.3 Å². The van der Waals surface area contributed by atoms with Crippen LogP contribution in [0.2, 0.25) is 0 Å². The molecule has 3 aromatic rings. The third kappa shape index (κ3) is 5.52. The van der Waals surface area contributed by atoms with Crippen molar-refractivity contribution in [2.24, 2.45) is 5.92 Å². The van der Waals surface area contributed by atoms with Gasteiger partial charge in [0.15, 0.2) is 5.13 Å². The number of rotatable bonds is 9. The zero-order chi connectivity index (χ0) is 25.8. The van der Waals surface area contributed by atoms with E-state index in [1.807, 2.05) is 31.2 Å². The quantitative estimate of drug-likeness (QED) is 0.253. The summed E-state index contributed by atoms with van der Waals surface area (Å²) in [6, 6.07) is 10.1. The maximum Gasteiger partial charge on any atom is 0.331 e. The predicted octanol–water partition coefficient (Wildman–Crippen LogP) is 6.48. The van der Waals surface area contributed by atoms with Crippen LogP contribution in [0.3, 0.4) is 0 Å². The van der Waals surface area contributed by atoms with Crippen molar-refractivity contribution in [3.8, 4) is 0 Å². The van der Waals surface area contributed by atoms with Crippen molar-refractivity contribution >= 4 is 49.3 Å². The Morgan fingerprint density at radius 3 is 2.78 bits per heavy atom. The number of allylic oxidation sites excluding steroid dienone is 4. The summed E-state index contributed by atoms with van der Waals surface area (Å²) in [7, 11) is 0. The summed E-state index contributed by atoms with van der Waals surface area (Å²) in [6.07, 6.45) is 3.36. The van der Waals surface area contributed by atoms with E-state index in [1.54, 1.807) is 0 Å². The summed E-state index contributed by atoms with van der Waals surface area (Å²) in [6.45, 7) is 4.61. The molecule has 0 saturated carbocycles. The molecule has 1 amide bonds. The van der Waals surface area contributed by atoms with Gasteiger partial charge >= 0.3 is 5.97 Å². The van der Waals surface area contributed by atoms with Crippen molar-refractivity contribution in [3.05, 3.63) is 70.8 Å². The van der Waals surface area contributed by atoms with Crippen LogP contribution >= 0.6 is 11.3 Å². The number of anilines is 1. The number of nitrogens with zero attached hydrogens (tertiary/aromatic N) is 1. The molecule has 2 N–H and O–H groups in total. The second-order valence-electron chi connectivity index (χ2n) is 8.51. The molecule has 4 rings (SSSR count). The molecule has 0 aliphatic heterocycles. The van der Waals surface area contributed by atoms with E-state index < -0.39 is 35.0 Å². The second kappa shape index (κ2) is 11.1. The normalized spacial score (nSPS) is 16.5. The fourth-order valence-corrected chi connectivity index (χ4v) is 5.03. The molecule has 1 aliphatic carbocycles. The third-order valence-corrected chi connectivity index (χ3v) is 6.94. The first-order valence-corrected chi connectivity index (χ1v) is 12.5. The standard InChI is InChI=1S/C27H26F2N2O4S/c1-3-35-11-5-7-16-6-4-8-19-18(16)9-10-23-24(19)30-27(36-23)31-25(32)17-13-21(28)20(22(29)14-17)12-15(2)26(33)34/h4,6,8-10,12-13,17H,3,5,7,11,14H2,1-2H3,(H,33,34)(H,30,31,32)/b15-12+. The Morgan fingerprint density at radius 2 is 2.06 bits per heavy atom. The molecule has 1 unspecified atom stereocenters. The average molecular weight is 513 g/mol. The average Bonchev–Trinajstić information content (AvgIpc) is 3.26. The SMILES string of the molecule is CCOCCCc1cccc2c1ccc1sc(NC(=O)C3C=C(F)C(/C=C(\C)C(=O)O)=C(F)C3)nc12. The summed E-state index contributed by atoms with van der Waals surface area (Å²) >= 11 is 1.29. The molecule has 1 aromatic heterocycles. The lowest BCUT2D eigenvalue weighted by Gasteiger charge is -2.17. The Bertz CT molecular complexity index is 1420. The number of halogens is 2. The van der Waals surface area contributed by atoms with Gasteiger partial charge in [-0.05, 0) is 55.9 Å². The van der Waals surface area contributed by atoms with E-state index in [-0.39, 0.29) is 12.0 Å². The highest BCUT2D eigenvalue weighted by Crippen LogP contribution is 2.36. The lowest BCUT2D eigenvalue weighted by molar-refractivity contribution is -0.132. The molecular formula is C27H26F2N2O4S. The van der Waals surface area contributed by atoms with Gasteiger partial charge in [0.2, 0.25) is 5.91 Å². The minimum atomic E-state index is -1.27. The zero-order valence-corrected chi connectivity index (χ0v) is 20.8. The highest BCUT2D eigenvalue weighted by atomic mass is 32.1. The summed E-state index contributed by atoms with van der Waals surface area (Å²) in [5.74, 6) is -4.77. The van der Waals surface area contributed by atoms with Crippen molar-refractivity contribution in [3.63, 3.8) is 0 Å². The summed E-state index contributed by atoms with van der Waals surface area (Å²) in [5, 5.41) is 14.0. The van der Waals surface area contributed by atoms with Crippen molar-refractivity contribution in [1.29, 1.82) is 0 Å². The fourth-order valence-electron chi connectivity index (χ4n) is 4.14. The van der Waals surface area contributed by atoms with E-state index in [1.165, 1.54) is 23.8 Å². The number of ether oxygens (including phenoxy) is 1. The molecule has 0 bridgehead atoms. The molecule has 0 radical (unpaired) electrons. The Morgan fingerprint density at radius 1 is 1.25 bits per heavy atom. The van der Waals surface area contributed by atoms with Gasteiger partial charge in [0, 0.05) is 36.2 Å². The molecule has 2 aromatic carbocycles. The molecule has 36 heavy (non-hydrogen) atoms. The van der Waals surface area contributed by atoms with Gasteiger partial charge in [-0.15, -0.1) is 0 Å². The number of carboxylic acids is 1. The zero-order valence-electron chi connectivity index (χ0n) is 19.9. The van der Waals surface area contributed by atoms with Crippen LogP contribution < -0.4 is 5.32 Å². The van der Waals surface area contributed by atoms with E-state index in [4.69, 9.17) is 9.84 Å². The van der Waals surface area contributed by atoms with Gasteiger partial charge in [-0.2, -0.15) is 0 Å². The van der Waals surface area contributed by atoms with E-state index in [9.17, 15) is 18.4 Å². The van der Waals surface area contributed by atoms with Crippen LogP contribution in [0.4, 0.5) is 13.9 Å². The number of carbonyl (C=O) groups excluding carboxylic acids is 1. The number of hydrogen-bond donors (Lipinski definition) is 2. The van der Waals surface area contributed by atoms with E-state index in [0.717, 1.165) is 46.0 Å². The van der Waals surface area contributed by atoms with Gasteiger partial charge in [0.05, 0.1) is 16.1 Å². The van der Waals surface area contributed by atoms with Crippen LogP contribution in [-0.2, 0) is 20.7 Å². The van der Waals surface area contributed by atoms with Crippen LogP contribution in [0.1, 0.15) is 32.3 Å². The monoisotopic (exact) mass is 512 g/mol. The maximum atomic E-state index is 14.5. The number of aryl methyl sites for hydroxylation is 1. The number of benzene rings is 2. The van der Waals surface area contributed by atoms with Crippen molar-refractivity contribution in [2.75, 3.05) is 18.5 Å². The number of hydrogen-bond acceptors (Lipinski definition) is 5. The maximum absolute atomic E-state index is 14.5. The number of thiazole rings is 1. The molecule has 188 valence electrons. The van der Waals surface area contributed by atoms with E-state index in [0.29, 0.717) is 18.3 Å². The minimum Gasteiger partial charge on any atom is -0.478 e. The molecule has 0 saturated heterocycles. The largest absolute Gasteiger partial charge is 0.478 e. The summed E-state index contributed by atoms with van der Waals surface area (Å²) < 4.78 is 35.4. The first-order chi connectivity index (χ1) is 17.3. The van der Waals surface area contributed by atoms with Gasteiger partial charge in [0.25, 0.3) is 0 Å². The molecule has 9 heteroatoms. The lowest BCUT2D eigenvalue weighted by Crippen LogP contribution is -2.23. The van der Waals surface area contributed by atoms with Gasteiger partial charge < -0.3 is 15.2 Å². The molecule has 6 nitrogen and oxygen atoms in total. The number of fused-ring (bicyclic) bond motifs is 3. The Kier molecular flexibility index (Phi) is 7.91. The number of aromatic nitrogens is 1. The number of nitrogens with one attached hydrogen (secondary N) is 1. The second-order valence-corrected chi connectivity index (χ2v) is 9.54. The van der Waals surface area contributed by atoms with Crippen LogP contribution in [0.5, 0.6) is 0 Å². The van der Waals surface area contributed by atoms with Crippen molar-refractivity contribution < 1.29 is 28.2 Å². The molecule has 1 aliphatic rings. The Hall–Kier alpha value is -3.43. The van der Waals surface area contributed by atoms with Crippen molar-refractivity contribution in [1.82, 2.24) is 4.98 Å². The number of carboxylic acid groups (broad SMARTS) is 1. The summed E-state index contributed by atoms with van der Waals surface area (Å²) in [5.41, 5.74) is 1.31. The van der Waals surface area contributed by atoms with E-state index >= 15 is 0 Å². The minimum absolute atomic E-state index is 0.203. The molecule has 0 spiro atoms. The number of carbonyl (C=O) groups is 2. The topological polar surface area (TPSA) is 88.5 Å². The van der Waals surface area contributed by atoms with Crippen LogP contribution in [0, 0.1) is 5.92 Å².